The number of nitrogens with one attached hydrogen (secondary N) is 1. The number of nitrogen functional groups attached to an aromatic ring is 1. The summed E-state index contributed by atoms with van der Waals surface area (Å²) < 4.78 is 13.1. The molecule has 1 aromatic rings. The van der Waals surface area contributed by atoms with Gasteiger partial charge in [0.15, 0.2) is 0 Å². The number of carbonyl (C=O) groups is 1. The van der Waals surface area contributed by atoms with Gasteiger partial charge in [-0.3, -0.25) is 4.79 Å². The van der Waals surface area contributed by atoms with Gasteiger partial charge in [-0.1, -0.05) is 0 Å². The predicted octanol–water partition coefficient (Wildman–Crippen LogP) is 1.12. The van der Waals surface area contributed by atoms with Crippen LogP contribution >= 0.6 is 0 Å². The van der Waals surface area contributed by atoms with Crippen LogP contribution in [0.5, 0.6) is 0 Å². The smallest absolute Gasteiger partial charge is 0.239 e. The molecule has 92 valence electrons. The zero-order chi connectivity index (χ0) is 12.4. The fourth-order valence-electron chi connectivity index (χ4n) is 1.65. The average molecular weight is 237 g/mol. The maximum Gasteiger partial charge on any atom is 0.239 e. The number of amides is 1. The van der Waals surface area contributed by atoms with Gasteiger partial charge < -0.3 is 16.0 Å². The standard InChI is InChI=1S/C12H16FN3O/c1-16(7-12(17)15-9-3-4-9)11-6-8(13)2-5-10(11)14/h2,5-6,9H,3-4,7,14H2,1H3,(H,15,17). The molecule has 2 rings (SSSR count). The molecule has 0 heterocycles. The maximum atomic E-state index is 13.1. The minimum Gasteiger partial charge on any atom is -0.397 e. The largest absolute Gasteiger partial charge is 0.397 e. The summed E-state index contributed by atoms with van der Waals surface area (Å²) >= 11 is 0. The van der Waals surface area contributed by atoms with E-state index < -0.39 is 0 Å². The van der Waals surface area contributed by atoms with E-state index in [-0.39, 0.29) is 18.3 Å². The highest BCUT2D eigenvalue weighted by Gasteiger charge is 2.23. The Kier molecular flexibility index (Phi) is 3.17. The molecular weight excluding hydrogens is 221 g/mol. The lowest BCUT2D eigenvalue weighted by atomic mass is 10.2. The molecule has 0 saturated heterocycles. The lowest BCUT2D eigenvalue weighted by Gasteiger charge is -2.20. The van der Waals surface area contributed by atoms with Gasteiger partial charge in [-0.15, -0.1) is 0 Å². The SMILES string of the molecule is CN(CC(=O)NC1CC1)c1cc(F)ccc1N. The number of halogens is 1. The molecule has 1 fully saturated rings. The second-order valence-corrected chi connectivity index (χ2v) is 4.40. The summed E-state index contributed by atoms with van der Waals surface area (Å²) in [7, 11) is 1.72. The number of benzene rings is 1. The molecule has 1 aliphatic rings. The number of anilines is 2. The Bertz CT molecular complexity index is 432. The molecule has 0 aliphatic heterocycles. The van der Waals surface area contributed by atoms with E-state index in [0.29, 0.717) is 17.4 Å². The molecule has 1 amide bonds. The van der Waals surface area contributed by atoms with Gasteiger partial charge in [-0.05, 0) is 31.0 Å². The van der Waals surface area contributed by atoms with E-state index in [1.54, 1.807) is 11.9 Å². The van der Waals surface area contributed by atoms with Crippen molar-refractivity contribution in [3.05, 3.63) is 24.0 Å². The first-order valence-corrected chi connectivity index (χ1v) is 5.62. The van der Waals surface area contributed by atoms with E-state index in [1.807, 2.05) is 0 Å². The Morgan fingerprint density at radius 2 is 2.29 bits per heavy atom. The van der Waals surface area contributed by atoms with Crippen molar-refractivity contribution in [3.8, 4) is 0 Å². The molecule has 3 N–H and O–H groups in total. The van der Waals surface area contributed by atoms with E-state index in [1.165, 1.54) is 18.2 Å². The summed E-state index contributed by atoms with van der Waals surface area (Å²) in [5.41, 5.74) is 6.74. The summed E-state index contributed by atoms with van der Waals surface area (Å²) in [6.45, 7) is 0.185. The molecule has 1 aromatic carbocycles. The lowest BCUT2D eigenvalue weighted by Crippen LogP contribution is -2.36. The lowest BCUT2D eigenvalue weighted by molar-refractivity contribution is -0.119. The maximum absolute atomic E-state index is 13.1. The minimum absolute atomic E-state index is 0.0568. The molecule has 0 bridgehead atoms. The quantitative estimate of drug-likeness (QED) is 0.772. The van der Waals surface area contributed by atoms with Crippen LogP contribution in [0.25, 0.3) is 0 Å². The van der Waals surface area contributed by atoms with Gasteiger partial charge in [-0.2, -0.15) is 0 Å². The molecule has 0 unspecified atom stereocenters. The van der Waals surface area contributed by atoms with Crippen LogP contribution < -0.4 is 16.0 Å². The normalized spacial score (nSPS) is 14.5. The van der Waals surface area contributed by atoms with Gasteiger partial charge in [0.05, 0.1) is 17.9 Å². The number of rotatable bonds is 4. The highest BCUT2D eigenvalue weighted by atomic mass is 19.1. The fourth-order valence-corrected chi connectivity index (χ4v) is 1.65. The number of nitrogens with two attached hydrogens (primary N) is 1. The van der Waals surface area contributed by atoms with Crippen LogP contribution in [0.2, 0.25) is 0 Å². The van der Waals surface area contributed by atoms with Gasteiger partial charge in [0.25, 0.3) is 0 Å². The van der Waals surface area contributed by atoms with Crippen LogP contribution in [0, 0.1) is 5.82 Å². The van der Waals surface area contributed by atoms with Crippen LogP contribution in [0.4, 0.5) is 15.8 Å². The monoisotopic (exact) mass is 237 g/mol. The Hall–Kier alpha value is -1.78. The molecule has 1 saturated carbocycles. The summed E-state index contributed by atoms with van der Waals surface area (Å²) in [6.07, 6.45) is 2.11. The number of hydrogen-bond acceptors (Lipinski definition) is 3. The van der Waals surface area contributed by atoms with Crippen molar-refractivity contribution in [1.82, 2.24) is 5.32 Å². The zero-order valence-corrected chi connectivity index (χ0v) is 9.74. The number of hydrogen-bond donors (Lipinski definition) is 2. The van der Waals surface area contributed by atoms with E-state index >= 15 is 0 Å². The molecule has 17 heavy (non-hydrogen) atoms. The predicted molar refractivity (Wildman–Crippen MR) is 65.2 cm³/mol. The van der Waals surface area contributed by atoms with Crippen molar-refractivity contribution < 1.29 is 9.18 Å². The molecule has 0 atom stereocenters. The van der Waals surface area contributed by atoms with Crippen molar-refractivity contribution in [1.29, 1.82) is 0 Å². The van der Waals surface area contributed by atoms with Crippen LogP contribution in [-0.4, -0.2) is 25.5 Å². The molecule has 1 aliphatic carbocycles. The third-order valence-electron chi connectivity index (χ3n) is 2.73. The number of nitrogens with zero attached hydrogens (tertiary/aromatic N) is 1. The summed E-state index contributed by atoms with van der Waals surface area (Å²) in [4.78, 5) is 13.2. The minimum atomic E-state index is -0.358. The van der Waals surface area contributed by atoms with Gasteiger partial charge in [0, 0.05) is 13.1 Å². The Balaban J connectivity index is 1.99. The van der Waals surface area contributed by atoms with Crippen molar-refractivity contribution >= 4 is 17.3 Å². The van der Waals surface area contributed by atoms with Gasteiger partial charge in [0.2, 0.25) is 5.91 Å². The molecule has 5 heteroatoms. The molecule has 0 radical (unpaired) electrons. The van der Waals surface area contributed by atoms with Crippen molar-refractivity contribution in [2.75, 3.05) is 24.2 Å². The van der Waals surface area contributed by atoms with Crippen LogP contribution in [0.1, 0.15) is 12.8 Å². The van der Waals surface area contributed by atoms with Crippen LogP contribution in [-0.2, 0) is 4.79 Å². The van der Waals surface area contributed by atoms with Gasteiger partial charge in [-0.25, -0.2) is 4.39 Å². The van der Waals surface area contributed by atoms with Crippen LogP contribution in [0.3, 0.4) is 0 Å². The molecule has 0 aromatic heterocycles. The second-order valence-electron chi connectivity index (χ2n) is 4.40. The summed E-state index contributed by atoms with van der Waals surface area (Å²) in [6, 6.07) is 4.47. The van der Waals surface area contributed by atoms with Gasteiger partial charge in [0.1, 0.15) is 5.82 Å². The average Bonchev–Trinajstić information content (AvgIpc) is 3.05. The van der Waals surface area contributed by atoms with E-state index in [2.05, 4.69) is 5.32 Å². The third-order valence-corrected chi connectivity index (χ3v) is 2.73. The number of carbonyl (C=O) groups excluding carboxylic acids is 1. The Morgan fingerprint density at radius 3 is 2.94 bits per heavy atom. The highest BCUT2D eigenvalue weighted by Crippen LogP contribution is 2.23. The molecule has 0 spiro atoms. The number of likely N-dealkylation sites (N-methyl/N-ethyl adjacent to an activating group) is 1. The molecule has 4 nitrogen and oxygen atoms in total. The van der Waals surface area contributed by atoms with Crippen molar-refractivity contribution in [2.45, 2.75) is 18.9 Å². The zero-order valence-electron chi connectivity index (χ0n) is 9.74. The second kappa shape index (κ2) is 4.61. The fraction of sp³-hybridized carbons (Fsp3) is 0.417. The Morgan fingerprint density at radius 1 is 1.59 bits per heavy atom. The first-order valence-electron chi connectivity index (χ1n) is 5.62. The third kappa shape index (κ3) is 3.09. The van der Waals surface area contributed by atoms with Crippen molar-refractivity contribution in [3.63, 3.8) is 0 Å². The summed E-state index contributed by atoms with van der Waals surface area (Å²) in [5.74, 6) is -0.415. The van der Waals surface area contributed by atoms with E-state index in [4.69, 9.17) is 5.73 Å². The Labute approximate surface area is 99.6 Å². The van der Waals surface area contributed by atoms with Crippen molar-refractivity contribution in [2.24, 2.45) is 0 Å². The van der Waals surface area contributed by atoms with Crippen LogP contribution in [0.15, 0.2) is 18.2 Å². The highest BCUT2D eigenvalue weighted by molar-refractivity contribution is 5.83. The van der Waals surface area contributed by atoms with Gasteiger partial charge >= 0.3 is 0 Å². The first-order chi connectivity index (χ1) is 8.06. The van der Waals surface area contributed by atoms with E-state index in [0.717, 1.165) is 12.8 Å². The summed E-state index contributed by atoms with van der Waals surface area (Å²) in [5, 5.41) is 2.87. The van der Waals surface area contributed by atoms with E-state index in [9.17, 15) is 9.18 Å². The molecular formula is C12H16FN3O. The first kappa shape index (κ1) is 11.7. The topological polar surface area (TPSA) is 58.4 Å².